The first-order valence-corrected chi connectivity index (χ1v) is 13.1. The van der Waals surface area contributed by atoms with Crippen LogP contribution in [-0.2, 0) is 35.1 Å². The molecule has 0 aliphatic heterocycles. The van der Waals surface area contributed by atoms with Gasteiger partial charge in [-0.2, -0.15) is 0 Å². The molecule has 2 amide bonds. The molecule has 0 spiro atoms. The molecule has 0 aromatic heterocycles. The normalized spacial score (nSPS) is 16.1. The van der Waals surface area contributed by atoms with Gasteiger partial charge in [0.25, 0.3) is 0 Å². The number of benzene rings is 1. The Morgan fingerprint density at radius 3 is 2.14 bits per heavy atom. The van der Waals surface area contributed by atoms with E-state index in [-0.39, 0.29) is 30.0 Å². The molecule has 1 aliphatic carbocycles. The largest absolute Gasteiger partial charge is 0.464 e. The van der Waals surface area contributed by atoms with Crippen molar-refractivity contribution in [1.82, 2.24) is 10.6 Å². The number of hydrogen-bond acceptors (Lipinski definition) is 8. The highest BCUT2D eigenvalue weighted by Crippen LogP contribution is 2.32. The Balaban J connectivity index is 2.21. The van der Waals surface area contributed by atoms with Crippen molar-refractivity contribution in [2.75, 3.05) is 6.61 Å². The topological polar surface area (TPSA) is 128 Å². The molecule has 0 heterocycles. The first-order valence-electron chi connectivity index (χ1n) is 12.2. The van der Waals surface area contributed by atoms with Crippen molar-refractivity contribution in [3.05, 3.63) is 29.8 Å². The van der Waals surface area contributed by atoms with Crippen molar-refractivity contribution in [2.45, 2.75) is 83.6 Å². The molecule has 1 saturated carbocycles. The summed E-state index contributed by atoms with van der Waals surface area (Å²) in [7, 11) is 0. The second-order valence-electron chi connectivity index (χ2n) is 9.27. The number of nitrogens with one attached hydrogen (secondary N) is 2. The Morgan fingerprint density at radius 1 is 1.03 bits per heavy atom. The highest BCUT2D eigenvalue weighted by molar-refractivity contribution is 8.14. The van der Waals surface area contributed by atoms with Gasteiger partial charge in [0.05, 0.1) is 11.9 Å². The molecular formula is C26H36N2O7S. The van der Waals surface area contributed by atoms with Gasteiger partial charge in [0.2, 0.25) is 11.8 Å². The fourth-order valence-corrected chi connectivity index (χ4v) is 4.99. The van der Waals surface area contributed by atoms with E-state index >= 15 is 0 Å². The number of ether oxygens (including phenoxy) is 2. The Morgan fingerprint density at radius 2 is 1.64 bits per heavy atom. The molecule has 0 unspecified atom stereocenters. The fourth-order valence-electron chi connectivity index (χ4n) is 4.19. The number of carbonyl (C=O) groups excluding carboxylic acids is 5. The van der Waals surface area contributed by atoms with E-state index in [0.29, 0.717) is 18.6 Å². The van der Waals surface area contributed by atoms with Crippen LogP contribution in [0.3, 0.4) is 0 Å². The Bertz CT molecular complexity index is 956. The van der Waals surface area contributed by atoms with Gasteiger partial charge in [-0.15, -0.1) is 0 Å². The lowest BCUT2D eigenvalue weighted by Gasteiger charge is -2.33. The third kappa shape index (κ3) is 8.36. The minimum atomic E-state index is -1.16. The van der Waals surface area contributed by atoms with Gasteiger partial charge in [0.1, 0.15) is 17.3 Å². The lowest BCUT2D eigenvalue weighted by Crippen LogP contribution is -2.61. The smallest absolute Gasteiger partial charge is 0.328 e. The SMILES string of the molecule is CCOC(=O)[C@H](Cc1ccc(OC(C)=O)cc1)NC(=O)C1(NC(=O)[C@@H](SC(C)=O)C(C)C)CCCC1. The fraction of sp³-hybridized carbons (Fsp3) is 0.577. The van der Waals surface area contributed by atoms with Crippen molar-refractivity contribution in [1.29, 1.82) is 0 Å². The van der Waals surface area contributed by atoms with E-state index in [1.165, 1.54) is 13.8 Å². The summed E-state index contributed by atoms with van der Waals surface area (Å²) in [5.74, 6) is -1.57. The minimum Gasteiger partial charge on any atom is -0.464 e. The number of rotatable bonds is 11. The van der Waals surface area contributed by atoms with Gasteiger partial charge in [-0.25, -0.2) is 4.79 Å². The molecule has 1 aliphatic rings. The zero-order valence-corrected chi connectivity index (χ0v) is 22.4. The van der Waals surface area contributed by atoms with Gasteiger partial charge in [-0.3, -0.25) is 19.2 Å². The van der Waals surface area contributed by atoms with Crippen molar-refractivity contribution in [3.63, 3.8) is 0 Å². The lowest BCUT2D eigenvalue weighted by atomic mass is 9.94. The predicted molar refractivity (Wildman–Crippen MR) is 136 cm³/mol. The van der Waals surface area contributed by atoms with E-state index < -0.39 is 34.7 Å². The van der Waals surface area contributed by atoms with Crippen LogP contribution in [0.1, 0.15) is 65.9 Å². The van der Waals surface area contributed by atoms with Crippen LogP contribution in [0, 0.1) is 5.92 Å². The van der Waals surface area contributed by atoms with E-state index in [2.05, 4.69) is 10.6 Å². The average molecular weight is 521 g/mol. The quantitative estimate of drug-likeness (QED) is 0.337. The minimum absolute atomic E-state index is 0.109. The van der Waals surface area contributed by atoms with Crippen LogP contribution in [0.5, 0.6) is 5.75 Å². The van der Waals surface area contributed by atoms with Crippen LogP contribution in [0.15, 0.2) is 24.3 Å². The second-order valence-corrected chi connectivity index (χ2v) is 10.6. The van der Waals surface area contributed by atoms with Gasteiger partial charge >= 0.3 is 11.9 Å². The molecule has 2 atom stereocenters. The third-order valence-corrected chi connectivity index (χ3v) is 7.26. The zero-order valence-electron chi connectivity index (χ0n) is 21.6. The Hall–Kier alpha value is -2.88. The van der Waals surface area contributed by atoms with E-state index in [4.69, 9.17) is 9.47 Å². The number of esters is 2. The molecular weight excluding hydrogens is 484 g/mol. The molecule has 2 N–H and O–H groups in total. The summed E-state index contributed by atoms with van der Waals surface area (Å²) >= 11 is 0.953. The van der Waals surface area contributed by atoms with Gasteiger partial charge < -0.3 is 20.1 Å². The van der Waals surface area contributed by atoms with Crippen LogP contribution in [0.2, 0.25) is 0 Å². The van der Waals surface area contributed by atoms with Crippen LogP contribution in [-0.4, -0.2) is 52.3 Å². The second kappa shape index (κ2) is 13.4. The molecule has 0 bridgehead atoms. The van der Waals surface area contributed by atoms with Gasteiger partial charge in [0, 0.05) is 20.3 Å². The first kappa shape index (κ1) is 29.4. The highest BCUT2D eigenvalue weighted by Gasteiger charge is 2.45. The van der Waals surface area contributed by atoms with E-state index in [1.807, 2.05) is 13.8 Å². The number of carbonyl (C=O) groups is 5. The molecule has 9 nitrogen and oxygen atoms in total. The summed E-state index contributed by atoms with van der Waals surface area (Å²) in [5, 5.41) is 4.94. The number of amides is 2. The van der Waals surface area contributed by atoms with Crippen LogP contribution in [0.4, 0.5) is 0 Å². The molecule has 0 radical (unpaired) electrons. The molecule has 198 valence electrons. The first-order chi connectivity index (χ1) is 17.0. The summed E-state index contributed by atoms with van der Waals surface area (Å²) < 4.78 is 10.2. The predicted octanol–water partition coefficient (Wildman–Crippen LogP) is 2.94. The highest BCUT2D eigenvalue weighted by atomic mass is 32.2. The third-order valence-electron chi connectivity index (χ3n) is 5.91. The van der Waals surface area contributed by atoms with Gasteiger partial charge in [-0.05, 0) is 43.4 Å². The van der Waals surface area contributed by atoms with Crippen LogP contribution >= 0.6 is 11.8 Å². The molecule has 2 rings (SSSR count). The molecule has 1 aromatic carbocycles. The number of thioether (sulfide) groups is 1. The molecule has 1 aromatic rings. The van der Waals surface area contributed by atoms with Crippen molar-refractivity contribution in [3.8, 4) is 5.75 Å². The maximum atomic E-state index is 13.5. The zero-order chi connectivity index (χ0) is 26.9. The summed E-state index contributed by atoms with van der Waals surface area (Å²) in [5.41, 5.74) is -0.433. The number of hydrogen-bond donors (Lipinski definition) is 2. The summed E-state index contributed by atoms with van der Waals surface area (Å²) in [6, 6.07) is 5.65. The molecule has 1 fully saturated rings. The van der Waals surface area contributed by atoms with Crippen molar-refractivity contribution >= 4 is 40.6 Å². The maximum absolute atomic E-state index is 13.5. The van der Waals surface area contributed by atoms with Crippen molar-refractivity contribution in [2.24, 2.45) is 5.92 Å². The van der Waals surface area contributed by atoms with E-state index in [0.717, 1.165) is 30.2 Å². The monoisotopic (exact) mass is 520 g/mol. The van der Waals surface area contributed by atoms with E-state index in [1.54, 1.807) is 31.2 Å². The summed E-state index contributed by atoms with van der Waals surface area (Å²) in [6.07, 6.45) is 2.53. The lowest BCUT2D eigenvalue weighted by molar-refractivity contribution is -0.148. The maximum Gasteiger partial charge on any atom is 0.328 e. The Kier molecular flexibility index (Phi) is 11.0. The van der Waals surface area contributed by atoms with Gasteiger partial charge in [-0.1, -0.05) is 50.6 Å². The molecule has 10 heteroatoms. The summed E-state index contributed by atoms with van der Waals surface area (Å²) in [4.78, 5) is 62.2. The molecule has 0 saturated heterocycles. The van der Waals surface area contributed by atoms with E-state index in [9.17, 15) is 24.0 Å². The Labute approximate surface area is 216 Å². The molecule has 36 heavy (non-hydrogen) atoms. The summed E-state index contributed by atoms with van der Waals surface area (Å²) in [6.45, 7) is 8.25. The standard InChI is InChI=1S/C26H36N2O7S/c1-6-34-24(32)21(15-19-9-11-20(12-10-19)35-17(4)29)27-25(33)26(13-7-8-14-26)28-23(31)22(16(2)3)36-18(5)30/h9-12,16,21-22H,6-8,13-15H2,1-5H3,(H,27,33)(H,28,31)/t21-,22-/m0/s1. The van der Waals surface area contributed by atoms with Crippen molar-refractivity contribution < 1.29 is 33.4 Å². The average Bonchev–Trinajstić information content (AvgIpc) is 3.27. The van der Waals surface area contributed by atoms with Crippen LogP contribution in [0.25, 0.3) is 0 Å². The van der Waals surface area contributed by atoms with Crippen LogP contribution < -0.4 is 15.4 Å². The van der Waals surface area contributed by atoms with Gasteiger partial charge in [0.15, 0.2) is 5.12 Å².